The third kappa shape index (κ3) is 5.82. The number of ether oxygens (including phenoxy) is 1. The highest BCUT2D eigenvalue weighted by atomic mass is 16.5. The fraction of sp³-hybridized carbons (Fsp3) is 0.941. The standard InChI is InChI=1S/C17H34N2O/c1-5-7-8-9-11-15(3)17(6-2)18-19-13-10-12-16(19)14-20-4/h15-16H,5-14H2,1-4H3/b18-17+/t15-,16+/m1/s1. The van der Waals surface area contributed by atoms with E-state index in [-0.39, 0.29) is 0 Å². The van der Waals surface area contributed by atoms with Crippen LogP contribution in [0.15, 0.2) is 5.10 Å². The van der Waals surface area contributed by atoms with Crippen LogP contribution in [0.4, 0.5) is 0 Å². The summed E-state index contributed by atoms with van der Waals surface area (Å²) in [5, 5.41) is 7.25. The maximum Gasteiger partial charge on any atom is 0.0704 e. The Labute approximate surface area is 125 Å². The Morgan fingerprint density at radius 1 is 1.30 bits per heavy atom. The van der Waals surface area contributed by atoms with Crippen molar-refractivity contribution in [3.63, 3.8) is 0 Å². The Morgan fingerprint density at radius 2 is 2.10 bits per heavy atom. The Balaban J connectivity index is 2.48. The molecule has 2 atom stereocenters. The molecule has 0 aliphatic carbocycles. The van der Waals surface area contributed by atoms with Gasteiger partial charge in [0.2, 0.25) is 0 Å². The van der Waals surface area contributed by atoms with Gasteiger partial charge < -0.3 is 4.74 Å². The fourth-order valence-electron chi connectivity index (χ4n) is 3.04. The second-order valence-electron chi connectivity index (χ2n) is 6.11. The van der Waals surface area contributed by atoms with Crippen molar-refractivity contribution in [2.45, 2.75) is 78.2 Å². The third-order valence-corrected chi connectivity index (χ3v) is 4.38. The van der Waals surface area contributed by atoms with Crippen LogP contribution in [-0.2, 0) is 4.74 Å². The summed E-state index contributed by atoms with van der Waals surface area (Å²) < 4.78 is 5.31. The van der Waals surface area contributed by atoms with E-state index < -0.39 is 0 Å². The Kier molecular flexibility index (Phi) is 8.92. The topological polar surface area (TPSA) is 24.8 Å². The first-order valence-corrected chi connectivity index (χ1v) is 8.55. The highest BCUT2D eigenvalue weighted by Crippen LogP contribution is 2.20. The van der Waals surface area contributed by atoms with Crippen LogP contribution in [-0.4, -0.2) is 37.0 Å². The largest absolute Gasteiger partial charge is 0.382 e. The van der Waals surface area contributed by atoms with Gasteiger partial charge in [0.1, 0.15) is 0 Å². The summed E-state index contributed by atoms with van der Waals surface area (Å²) in [6.45, 7) is 8.76. The van der Waals surface area contributed by atoms with Crippen LogP contribution in [0.1, 0.15) is 72.1 Å². The molecule has 1 heterocycles. The molecule has 118 valence electrons. The number of methoxy groups -OCH3 is 1. The molecule has 0 spiro atoms. The molecule has 3 heteroatoms. The van der Waals surface area contributed by atoms with Crippen LogP contribution in [0.25, 0.3) is 0 Å². The van der Waals surface area contributed by atoms with Gasteiger partial charge in [0.25, 0.3) is 0 Å². The van der Waals surface area contributed by atoms with Gasteiger partial charge in [-0.3, -0.25) is 5.01 Å². The molecule has 1 aliphatic rings. The lowest BCUT2D eigenvalue weighted by Crippen LogP contribution is -2.30. The molecular weight excluding hydrogens is 248 g/mol. The van der Waals surface area contributed by atoms with Gasteiger partial charge in [0.05, 0.1) is 12.6 Å². The lowest BCUT2D eigenvalue weighted by molar-refractivity contribution is 0.117. The lowest BCUT2D eigenvalue weighted by atomic mass is 9.96. The van der Waals surface area contributed by atoms with Crippen molar-refractivity contribution in [1.82, 2.24) is 5.01 Å². The van der Waals surface area contributed by atoms with E-state index in [1.165, 1.54) is 50.7 Å². The normalized spacial score (nSPS) is 21.5. The van der Waals surface area contributed by atoms with Crippen LogP contribution in [0.2, 0.25) is 0 Å². The molecule has 0 aromatic rings. The van der Waals surface area contributed by atoms with Crippen LogP contribution < -0.4 is 0 Å². The predicted octanol–water partition coefficient (Wildman–Crippen LogP) is 4.47. The molecule has 0 N–H and O–H groups in total. The molecule has 3 nitrogen and oxygen atoms in total. The zero-order chi connectivity index (χ0) is 14.8. The van der Waals surface area contributed by atoms with Crippen molar-refractivity contribution in [3.05, 3.63) is 0 Å². The number of unbranched alkanes of at least 4 members (excludes halogenated alkanes) is 3. The number of hydrazone groups is 1. The minimum absolute atomic E-state index is 0.494. The molecule has 0 bridgehead atoms. The van der Waals surface area contributed by atoms with Crippen LogP contribution in [0.3, 0.4) is 0 Å². The summed E-state index contributed by atoms with van der Waals surface area (Å²) in [5.74, 6) is 0.626. The summed E-state index contributed by atoms with van der Waals surface area (Å²) in [7, 11) is 1.79. The number of hydrogen-bond acceptors (Lipinski definition) is 3. The first kappa shape index (κ1) is 17.5. The molecule has 0 aromatic heterocycles. The number of rotatable bonds is 10. The molecule has 0 aromatic carbocycles. The predicted molar refractivity (Wildman–Crippen MR) is 87.3 cm³/mol. The number of hydrogen-bond donors (Lipinski definition) is 0. The molecular formula is C17H34N2O. The average Bonchev–Trinajstić information content (AvgIpc) is 2.88. The SMILES string of the molecule is CCCCCC[C@@H](C)/C(CC)=N/N1CCC[C@H]1COC. The Morgan fingerprint density at radius 3 is 2.75 bits per heavy atom. The zero-order valence-electron chi connectivity index (χ0n) is 14.0. The smallest absolute Gasteiger partial charge is 0.0704 e. The Hall–Kier alpha value is -0.570. The van der Waals surface area contributed by atoms with Gasteiger partial charge in [-0.05, 0) is 31.6 Å². The van der Waals surface area contributed by atoms with Crippen molar-refractivity contribution in [1.29, 1.82) is 0 Å². The van der Waals surface area contributed by atoms with Gasteiger partial charge in [-0.2, -0.15) is 5.10 Å². The van der Waals surface area contributed by atoms with Crippen molar-refractivity contribution in [2.24, 2.45) is 11.0 Å². The van der Waals surface area contributed by atoms with Gasteiger partial charge in [-0.25, -0.2) is 0 Å². The molecule has 0 amide bonds. The zero-order valence-corrected chi connectivity index (χ0v) is 14.0. The van der Waals surface area contributed by atoms with Crippen molar-refractivity contribution in [2.75, 3.05) is 20.3 Å². The summed E-state index contributed by atoms with van der Waals surface area (Å²) in [4.78, 5) is 0. The van der Waals surface area contributed by atoms with Crippen molar-refractivity contribution < 1.29 is 4.74 Å². The minimum atomic E-state index is 0.494. The van der Waals surface area contributed by atoms with Crippen molar-refractivity contribution in [3.8, 4) is 0 Å². The van der Waals surface area contributed by atoms with E-state index in [2.05, 4.69) is 25.8 Å². The maximum atomic E-state index is 5.31. The van der Waals surface area contributed by atoms with Gasteiger partial charge >= 0.3 is 0 Å². The third-order valence-electron chi connectivity index (χ3n) is 4.38. The molecule has 0 radical (unpaired) electrons. The molecule has 1 saturated heterocycles. The van der Waals surface area contributed by atoms with E-state index in [1.807, 2.05) is 0 Å². The molecule has 0 saturated carbocycles. The molecule has 1 rings (SSSR count). The summed E-state index contributed by atoms with van der Waals surface area (Å²) >= 11 is 0. The summed E-state index contributed by atoms with van der Waals surface area (Å²) in [6, 6.07) is 0.494. The van der Waals surface area contributed by atoms with E-state index in [9.17, 15) is 0 Å². The van der Waals surface area contributed by atoms with Crippen LogP contribution >= 0.6 is 0 Å². The lowest BCUT2D eigenvalue weighted by Gasteiger charge is -2.24. The molecule has 0 unspecified atom stereocenters. The van der Waals surface area contributed by atoms with Gasteiger partial charge in [0.15, 0.2) is 0 Å². The van der Waals surface area contributed by atoms with E-state index >= 15 is 0 Å². The summed E-state index contributed by atoms with van der Waals surface area (Å²) in [6.07, 6.45) is 10.2. The summed E-state index contributed by atoms with van der Waals surface area (Å²) in [5.41, 5.74) is 1.38. The van der Waals surface area contributed by atoms with E-state index in [0.717, 1.165) is 19.6 Å². The first-order valence-electron chi connectivity index (χ1n) is 8.55. The highest BCUT2D eigenvalue weighted by Gasteiger charge is 2.24. The fourth-order valence-corrected chi connectivity index (χ4v) is 3.04. The molecule has 1 fully saturated rings. The van der Waals surface area contributed by atoms with Gasteiger partial charge in [0, 0.05) is 19.4 Å². The quantitative estimate of drug-likeness (QED) is 0.436. The average molecular weight is 282 g/mol. The highest BCUT2D eigenvalue weighted by molar-refractivity contribution is 5.86. The Bertz CT molecular complexity index is 278. The van der Waals surface area contributed by atoms with E-state index in [4.69, 9.17) is 9.84 Å². The first-order chi connectivity index (χ1) is 9.72. The monoisotopic (exact) mass is 282 g/mol. The second kappa shape index (κ2) is 10.2. The van der Waals surface area contributed by atoms with Crippen LogP contribution in [0.5, 0.6) is 0 Å². The van der Waals surface area contributed by atoms with Crippen molar-refractivity contribution >= 4 is 5.71 Å². The maximum absolute atomic E-state index is 5.31. The van der Waals surface area contributed by atoms with Gasteiger partial charge in [-0.1, -0.05) is 46.5 Å². The number of nitrogens with zero attached hydrogens (tertiary/aromatic N) is 2. The minimum Gasteiger partial charge on any atom is -0.382 e. The molecule has 1 aliphatic heterocycles. The molecule has 20 heavy (non-hydrogen) atoms. The second-order valence-corrected chi connectivity index (χ2v) is 6.11. The van der Waals surface area contributed by atoms with E-state index in [1.54, 1.807) is 7.11 Å². The van der Waals surface area contributed by atoms with Gasteiger partial charge in [-0.15, -0.1) is 0 Å². The van der Waals surface area contributed by atoms with E-state index in [0.29, 0.717) is 12.0 Å². The van der Waals surface area contributed by atoms with Crippen LogP contribution in [0, 0.1) is 5.92 Å².